The van der Waals surface area contributed by atoms with Crippen molar-refractivity contribution in [1.82, 2.24) is 10.2 Å². The molecule has 1 aliphatic rings. The Labute approximate surface area is 120 Å². The van der Waals surface area contributed by atoms with Crippen LogP contribution in [0.25, 0.3) is 0 Å². The van der Waals surface area contributed by atoms with Crippen molar-refractivity contribution in [2.24, 2.45) is 0 Å². The molecule has 0 saturated carbocycles. The van der Waals surface area contributed by atoms with Crippen molar-refractivity contribution < 1.29 is 9.53 Å². The van der Waals surface area contributed by atoms with Gasteiger partial charge in [0.25, 0.3) is 0 Å². The average Bonchev–Trinajstić information content (AvgIpc) is 2.46. The number of piperidine rings is 1. The molecule has 1 aliphatic heterocycles. The van der Waals surface area contributed by atoms with Crippen molar-refractivity contribution >= 4 is 6.09 Å². The highest BCUT2D eigenvalue weighted by atomic mass is 16.5. The second kappa shape index (κ2) is 7.70. The molecule has 2 rings (SSSR count). The molecule has 1 amide bonds. The predicted octanol–water partition coefficient (Wildman–Crippen LogP) is 2.95. The van der Waals surface area contributed by atoms with Crippen molar-refractivity contribution in [2.75, 3.05) is 19.6 Å². The summed E-state index contributed by atoms with van der Waals surface area (Å²) in [5.74, 6) is 0.584. The van der Waals surface area contributed by atoms with Crippen LogP contribution in [0.2, 0.25) is 0 Å². The van der Waals surface area contributed by atoms with Gasteiger partial charge in [0.15, 0.2) is 0 Å². The Morgan fingerprint density at radius 1 is 1.35 bits per heavy atom. The lowest BCUT2D eigenvalue weighted by Crippen LogP contribution is -2.29. The number of nitrogens with one attached hydrogen (secondary N) is 1. The zero-order chi connectivity index (χ0) is 14.2. The third kappa shape index (κ3) is 4.70. The van der Waals surface area contributed by atoms with Crippen LogP contribution in [0, 0.1) is 0 Å². The largest absolute Gasteiger partial charge is 0.412 e. The molecule has 0 atom stereocenters. The summed E-state index contributed by atoms with van der Waals surface area (Å²) in [5.41, 5.74) is 1.18. The van der Waals surface area contributed by atoms with Crippen LogP contribution in [-0.2, 0) is 6.54 Å². The lowest BCUT2D eigenvalue weighted by molar-refractivity contribution is 0.201. The number of hydrogen-bond donors (Lipinski definition) is 1. The lowest BCUT2D eigenvalue weighted by Gasteiger charge is -2.26. The highest BCUT2D eigenvalue weighted by molar-refractivity contribution is 5.70. The maximum atomic E-state index is 11.5. The van der Waals surface area contributed by atoms with E-state index < -0.39 is 6.09 Å². The fraction of sp³-hybridized carbons (Fsp3) is 0.438. The summed E-state index contributed by atoms with van der Waals surface area (Å²) in [6.45, 7) is 7.19. The van der Waals surface area contributed by atoms with Crippen LogP contribution in [0.15, 0.2) is 36.9 Å². The molecule has 4 heteroatoms. The van der Waals surface area contributed by atoms with E-state index in [0.29, 0.717) is 12.3 Å². The van der Waals surface area contributed by atoms with E-state index in [1.165, 1.54) is 24.8 Å². The third-order valence-corrected chi connectivity index (χ3v) is 3.35. The van der Waals surface area contributed by atoms with Crippen LogP contribution in [0.4, 0.5) is 4.79 Å². The van der Waals surface area contributed by atoms with Gasteiger partial charge < -0.3 is 10.1 Å². The number of benzene rings is 1. The third-order valence-electron chi connectivity index (χ3n) is 3.35. The Kier molecular flexibility index (Phi) is 5.62. The van der Waals surface area contributed by atoms with Crippen molar-refractivity contribution in [2.45, 2.75) is 25.8 Å². The van der Waals surface area contributed by atoms with Crippen LogP contribution >= 0.6 is 0 Å². The number of amides is 1. The van der Waals surface area contributed by atoms with Gasteiger partial charge in [-0.05, 0) is 43.6 Å². The first-order chi connectivity index (χ1) is 9.78. The molecule has 1 heterocycles. The Balaban J connectivity index is 1.89. The van der Waals surface area contributed by atoms with E-state index in [1.807, 2.05) is 12.1 Å². The van der Waals surface area contributed by atoms with Crippen LogP contribution < -0.4 is 10.1 Å². The summed E-state index contributed by atoms with van der Waals surface area (Å²) in [6, 6.07) is 7.73. The smallest absolute Gasteiger partial charge is 0.410 e. The summed E-state index contributed by atoms with van der Waals surface area (Å²) < 4.78 is 5.23. The van der Waals surface area contributed by atoms with Crippen LogP contribution in [0.5, 0.6) is 5.75 Å². The van der Waals surface area contributed by atoms with E-state index in [4.69, 9.17) is 4.74 Å². The lowest BCUT2D eigenvalue weighted by atomic mass is 10.1. The number of hydrogen-bond acceptors (Lipinski definition) is 3. The molecule has 108 valence electrons. The minimum atomic E-state index is -0.444. The number of ether oxygens (including phenoxy) is 1. The molecule has 1 N–H and O–H groups in total. The molecule has 0 bridgehead atoms. The Bertz CT molecular complexity index is 454. The van der Waals surface area contributed by atoms with Gasteiger partial charge in [-0.1, -0.05) is 24.6 Å². The first kappa shape index (κ1) is 14.6. The molecule has 4 nitrogen and oxygen atoms in total. The van der Waals surface area contributed by atoms with E-state index in [9.17, 15) is 4.79 Å². The van der Waals surface area contributed by atoms with E-state index in [-0.39, 0.29) is 0 Å². The maximum absolute atomic E-state index is 11.5. The number of rotatable bonds is 5. The number of carbonyl (C=O) groups is 1. The summed E-state index contributed by atoms with van der Waals surface area (Å²) in [6.07, 6.45) is 5.07. The minimum absolute atomic E-state index is 0.409. The summed E-state index contributed by atoms with van der Waals surface area (Å²) in [5, 5.41) is 2.59. The molecule has 1 fully saturated rings. The number of carbonyl (C=O) groups excluding carboxylic acids is 1. The van der Waals surface area contributed by atoms with Gasteiger partial charge in [-0.25, -0.2) is 4.79 Å². The van der Waals surface area contributed by atoms with Gasteiger partial charge in [0.2, 0.25) is 0 Å². The monoisotopic (exact) mass is 274 g/mol. The molecular weight excluding hydrogens is 252 g/mol. The van der Waals surface area contributed by atoms with E-state index in [2.05, 4.69) is 22.9 Å². The number of nitrogens with zero attached hydrogens (tertiary/aromatic N) is 1. The van der Waals surface area contributed by atoms with Gasteiger partial charge in [0, 0.05) is 13.1 Å². The van der Waals surface area contributed by atoms with Crippen LogP contribution in [-0.4, -0.2) is 30.6 Å². The van der Waals surface area contributed by atoms with Gasteiger partial charge >= 0.3 is 6.09 Å². The summed E-state index contributed by atoms with van der Waals surface area (Å²) >= 11 is 0. The fourth-order valence-electron chi connectivity index (χ4n) is 2.38. The van der Waals surface area contributed by atoms with Gasteiger partial charge in [0.1, 0.15) is 5.75 Å². The first-order valence-corrected chi connectivity index (χ1v) is 7.16. The van der Waals surface area contributed by atoms with Crippen molar-refractivity contribution in [3.63, 3.8) is 0 Å². The molecule has 1 saturated heterocycles. The number of likely N-dealkylation sites (tertiary alicyclic amines) is 1. The second-order valence-corrected chi connectivity index (χ2v) is 5.04. The fourth-order valence-corrected chi connectivity index (χ4v) is 2.38. The maximum Gasteiger partial charge on any atom is 0.412 e. The normalized spacial score (nSPS) is 15.6. The molecule has 0 unspecified atom stereocenters. The second-order valence-electron chi connectivity index (χ2n) is 5.04. The van der Waals surface area contributed by atoms with Crippen molar-refractivity contribution in [3.8, 4) is 5.75 Å². The van der Waals surface area contributed by atoms with Crippen molar-refractivity contribution in [1.29, 1.82) is 0 Å². The highest BCUT2D eigenvalue weighted by Crippen LogP contribution is 2.17. The van der Waals surface area contributed by atoms with Crippen LogP contribution in [0.1, 0.15) is 24.8 Å². The molecule has 1 aromatic carbocycles. The first-order valence-electron chi connectivity index (χ1n) is 7.16. The molecule has 1 aromatic rings. The molecular formula is C16H22N2O2. The molecule has 0 aromatic heterocycles. The zero-order valence-electron chi connectivity index (χ0n) is 11.8. The highest BCUT2D eigenvalue weighted by Gasteiger charge is 2.11. The molecule has 0 spiro atoms. The van der Waals surface area contributed by atoms with E-state index in [0.717, 1.165) is 19.6 Å². The molecule has 20 heavy (non-hydrogen) atoms. The van der Waals surface area contributed by atoms with E-state index >= 15 is 0 Å². The predicted molar refractivity (Wildman–Crippen MR) is 79.8 cm³/mol. The van der Waals surface area contributed by atoms with Crippen molar-refractivity contribution in [3.05, 3.63) is 42.5 Å². The van der Waals surface area contributed by atoms with Crippen LogP contribution in [0.3, 0.4) is 0 Å². The summed E-state index contributed by atoms with van der Waals surface area (Å²) in [4.78, 5) is 13.9. The Morgan fingerprint density at radius 3 is 2.90 bits per heavy atom. The molecule has 0 aliphatic carbocycles. The van der Waals surface area contributed by atoms with E-state index in [1.54, 1.807) is 12.1 Å². The minimum Gasteiger partial charge on any atom is -0.410 e. The zero-order valence-corrected chi connectivity index (χ0v) is 11.8. The standard InChI is InChI=1S/C16H22N2O2/c1-2-9-17-16(19)20-15-8-6-7-14(12-15)13-18-10-4-3-5-11-18/h2,6-8,12H,1,3-5,9-11,13H2,(H,17,19). The average molecular weight is 274 g/mol. The van der Waals surface area contributed by atoms with Gasteiger partial charge in [-0.3, -0.25) is 4.90 Å². The van der Waals surface area contributed by atoms with Gasteiger partial charge in [-0.2, -0.15) is 0 Å². The van der Waals surface area contributed by atoms with Gasteiger partial charge in [0.05, 0.1) is 0 Å². The Morgan fingerprint density at radius 2 is 2.15 bits per heavy atom. The topological polar surface area (TPSA) is 41.6 Å². The SMILES string of the molecule is C=CCNC(=O)Oc1cccc(CN2CCCCC2)c1. The van der Waals surface area contributed by atoms with Gasteiger partial charge in [-0.15, -0.1) is 6.58 Å². The quantitative estimate of drug-likeness (QED) is 0.839. The summed E-state index contributed by atoms with van der Waals surface area (Å²) in [7, 11) is 0. The molecule has 0 radical (unpaired) electrons. The Hall–Kier alpha value is -1.81.